The summed E-state index contributed by atoms with van der Waals surface area (Å²) in [6, 6.07) is 16.8. The lowest BCUT2D eigenvalue weighted by atomic mass is 10.0. The predicted molar refractivity (Wildman–Crippen MR) is 110 cm³/mol. The number of methoxy groups -OCH3 is 1. The lowest BCUT2D eigenvalue weighted by molar-refractivity contribution is 0.414. The van der Waals surface area contributed by atoms with Gasteiger partial charge in [-0.3, -0.25) is 0 Å². The second-order valence-electron chi connectivity index (χ2n) is 5.33. The zero-order valence-corrected chi connectivity index (χ0v) is 17.6. The van der Waals surface area contributed by atoms with Crippen LogP contribution in [0.4, 0.5) is 5.69 Å². The largest absolute Gasteiger partial charge is 0.497 e. The molecule has 3 aromatic rings. The van der Waals surface area contributed by atoms with E-state index in [-0.39, 0.29) is 0 Å². The highest BCUT2D eigenvalue weighted by molar-refractivity contribution is 9.13. The van der Waals surface area contributed by atoms with Crippen LogP contribution in [0.25, 0.3) is 10.4 Å². The molecule has 0 saturated carbocycles. The Morgan fingerprint density at radius 2 is 1.83 bits per heavy atom. The van der Waals surface area contributed by atoms with Crippen LogP contribution in [0.3, 0.4) is 0 Å². The van der Waals surface area contributed by atoms with E-state index in [1.807, 2.05) is 12.1 Å². The van der Waals surface area contributed by atoms with Crippen molar-refractivity contribution in [2.75, 3.05) is 11.4 Å². The number of thiophene rings is 1. The van der Waals surface area contributed by atoms with Crippen molar-refractivity contribution in [3.63, 3.8) is 0 Å². The van der Waals surface area contributed by atoms with E-state index in [4.69, 9.17) is 4.74 Å². The summed E-state index contributed by atoms with van der Waals surface area (Å²) in [4.78, 5) is 2.49. The summed E-state index contributed by atoms with van der Waals surface area (Å²) >= 11 is 11.0. The van der Waals surface area contributed by atoms with Crippen LogP contribution in [0.5, 0.6) is 5.75 Å². The van der Waals surface area contributed by atoms with Crippen LogP contribution < -0.4 is 9.04 Å². The van der Waals surface area contributed by atoms with E-state index in [0.717, 1.165) is 20.6 Å². The maximum atomic E-state index is 5.25. The van der Waals surface area contributed by atoms with E-state index < -0.39 is 0 Å². The zero-order valence-electron chi connectivity index (χ0n) is 12.8. The molecule has 6 heteroatoms. The topological polar surface area (TPSA) is 12.5 Å². The summed E-state index contributed by atoms with van der Waals surface area (Å²) in [5.74, 6) is 0.878. The van der Waals surface area contributed by atoms with Crippen LogP contribution in [0.15, 0.2) is 61.7 Å². The van der Waals surface area contributed by atoms with Gasteiger partial charge in [0.2, 0.25) is 0 Å². The highest BCUT2D eigenvalue weighted by Crippen LogP contribution is 2.54. The van der Waals surface area contributed by atoms with E-state index >= 15 is 0 Å². The molecule has 0 spiro atoms. The minimum atomic E-state index is 0.877. The molecular formula is C18H13Br2NOS2. The molecule has 0 saturated heterocycles. The molecule has 0 atom stereocenters. The monoisotopic (exact) mass is 481 g/mol. The highest BCUT2D eigenvalue weighted by Gasteiger charge is 2.28. The fourth-order valence-corrected chi connectivity index (χ4v) is 6.34. The normalized spacial score (nSPS) is 12.7. The molecule has 0 amide bonds. The molecule has 122 valence electrons. The third kappa shape index (κ3) is 2.90. The minimum Gasteiger partial charge on any atom is -0.497 e. The Morgan fingerprint density at radius 3 is 2.58 bits per heavy atom. The number of anilines is 1. The van der Waals surface area contributed by atoms with Crippen LogP contribution in [-0.4, -0.2) is 7.11 Å². The Kier molecular flexibility index (Phi) is 4.64. The number of hydrogen-bond donors (Lipinski definition) is 0. The molecule has 4 rings (SSSR count). The third-order valence-electron chi connectivity index (χ3n) is 3.89. The van der Waals surface area contributed by atoms with E-state index in [1.165, 1.54) is 26.6 Å². The van der Waals surface area contributed by atoms with Crippen LogP contribution in [0.2, 0.25) is 0 Å². The van der Waals surface area contributed by atoms with Gasteiger partial charge in [0, 0.05) is 4.90 Å². The van der Waals surface area contributed by atoms with Crippen LogP contribution >= 0.6 is 55.1 Å². The Morgan fingerprint density at radius 1 is 1.08 bits per heavy atom. The maximum Gasteiger partial charge on any atom is 0.118 e. The lowest BCUT2D eigenvalue weighted by Gasteiger charge is -2.30. The number of rotatable bonds is 3. The predicted octanol–water partition coefficient (Wildman–Crippen LogP) is 6.98. The number of ether oxygens (including phenoxy) is 1. The summed E-state index contributed by atoms with van der Waals surface area (Å²) in [5, 5.41) is 0. The molecule has 1 aliphatic heterocycles. The van der Waals surface area contributed by atoms with Crippen molar-refractivity contribution in [3.8, 4) is 16.2 Å². The molecule has 24 heavy (non-hydrogen) atoms. The zero-order chi connectivity index (χ0) is 16.7. The van der Waals surface area contributed by atoms with Gasteiger partial charge in [-0.1, -0.05) is 24.3 Å². The molecule has 1 aromatic heterocycles. The van der Waals surface area contributed by atoms with Crippen LogP contribution in [0, 0.1) is 0 Å². The Hall–Kier alpha value is -0.950. The Labute approximate surface area is 166 Å². The van der Waals surface area contributed by atoms with Crippen molar-refractivity contribution in [3.05, 3.63) is 62.4 Å². The first-order valence-electron chi connectivity index (χ1n) is 7.33. The Bertz CT molecular complexity index is 893. The summed E-state index contributed by atoms with van der Waals surface area (Å²) in [7, 11) is 1.69. The number of halogens is 2. The average molecular weight is 483 g/mol. The summed E-state index contributed by atoms with van der Waals surface area (Å²) in [6.07, 6.45) is 0. The van der Waals surface area contributed by atoms with Crippen LogP contribution in [-0.2, 0) is 6.54 Å². The van der Waals surface area contributed by atoms with Crippen molar-refractivity contribution >= 4 is 60.8 Å². The molecule has 2 aromatic carbocycles. The minimum absolute atomic E-state index is 0.877. The second-order valence-corrected chi connectivity index (χ2v) is 9.55. The molecule has 0 radical (unpaired) electrons. The van der Waals surface area contributed by atoms with Gasteiger partial charge in [0.05, 0.1) is 32.5 Å². The smallest absolute Gasteiger partial charge is 0.118 e. The van der Waals surface area contributed by atoms with Crippen molar-refractivity contribution in [2.24, 2.45) is 0 Å². The van der Waals surface area contributed by atoms with Gasteiger partial charge in [0.25, 0.3) is 0 Å². The molecule has 1 aliphatic rings. The molecule has 0 aliphatic carbocycles. The van der Waals surface area contributed by atoms with Crippen molar-refractivity contribution in [1.29, 1.82) is 0 Å². The molecule has 2 nitrogen and oxygen atoms in total. The van der Waals surface area contributed by atoms with E-state index in [1.54, 1.807) is 30.4 Å². The van der Waals surface area contributed by atoms with E-state index in [2.05, 4.69) is 72.6 Å². The standard InChI is InChI=1S/C18H13Br2NOS2/c1-22-12-6-8-13(9-7-12)24-21-10-11-4-2-3-5-14(11)17-16(21)15(19)18(20)23-17/h2-9H,10H2,1H3. The van der Waals surface area contributed by atoms with Crippen molar-refractivity contribution in [1.82, 2.24) is 0 Å². The highest BCUT2D eigenvalue weighted by atomic mass is 79.9. The molecule has 2 heterocycles. The van der Waals surface area contributed by atoms with Gasteiger partial charge in [-0.2, -0.15) is 0 Å². The number of nitrogens with zero attached hydrogens (tertiary/aromatic N) is 1. The maximum absolute atomic E-state index is 5.25. The first kappa shape index (κ1) is 16.5. The Balaban J connectivity index is 1.74. The molecular weight excluding hydrogens is 470 g/mol. The summed E-state index contributed by atoms with van der Waals surface area (Å²) in [6.45, 7) is 0.877. The lowest BCUT2D eigenvalue weighted by Crippen LogP contribution is -2.18. The van der Waals surface area contributed by atoms with Gasteiger partial charge < -0.3 is 9.04 Å². The van der Waals surface area contributed by atoms with Gasteiger partial charge in [-0.15, -0.1) is 11.3 Å². The summed E-state index contributed by atoms with van der Waals surface area (Å²) in [5.41, 5.74) is 3.93. The third-order valence-corrected chi connectivity index (χ3v) is 8.35. The average Bonchev–Trinajstić information content (AvgIpc) is 2.91. The molecule has 0 bridgehead atoms. The van der Waals surface area contributed by atoms with Crippen LogP contribution in [0.1, 0.15) is 5.56 Å². The van der Waals surface area contributed by atoms with E-state index in [0.29, 0.717) is 0 Å². The van der Waals surface area contributed by atoms with E-state index in [9.17, 15) is 0 Å². The molecule has 0 N–H and O–H groups in total. The fourth-order valence-electron chi connectivity index (χ4n) is 2.74. The SMILES string of the molecule is COc1ccc(SN2Cc3ccccc3-c3sc(Br)c(Br)c32)cc1. The van der Waals surface area contributed by atoms with Gasteiger partial charge >= 0.3 is 0 Å². The number of fused-ring (bicyclic) bond motifs is 3. The van der Waals surface area contributed by atoms with Crippen molar-refractivity contribution in [2.45, 2.75) is 11.4 Å². The van der Waals surface area contributed by atoms with Gasteiger partial charge in [0.1, 0.15) is 5.75 Å². The van der Waals surface area contributed by atoms with Gasteiger partial charge in [0.15, 0.2) is 0 Å². The quantitative estimate of drug-likeness (QED) is 0.373. The van der Waals surface area contributed by atoms with Crippen molar-refractivity contribution < 1.29 is 4.74 Å². The van der Waals surface area contributed by atoms with Gasteiger partial charge in [-0.05, 0) is 79.2 Å². The summed E-state index contributed by atoms with van der Waals surface area (Å²) < 4.78 is 9.85. The molecule has 0 unspecified atom stereocenters. The van der Waals surface area contributed by atoms with Gasteiger partial charge in [-0.25, -0.2) is 0 Å². The first-order chi connectivity index (χ1) is 11.7. The second kappa shape index (κ2) is 6.75. The first-order valence-corrected chi connectivity index (χ1v) is 10.5. The fraction of sp³-hybridized carbons (Fsp3) is 0.111. The molecule has 0 fully saturated rings. The number of hydrogen-bond acceptors (Lipinski definition) is 4. The number of benzene rings is 2.